The topological polar surface area (TPSA) is 86.7 Å². The van der Waals surface area contributed by atoms with Crippen molar-refractivity contribution in [2.24, 2.45) is 0 Å². The van der Waals surface area contributed by atoms with Gasteiger partial charge < -0.3 is 23.7 Å². The molecule has 1 heterocycles. The van der Waals surface area contributed by atoms with E-state index in [1.807, 2.05) is 0 Å². The van der Waals surface area contributed by atoms with Crippen molar-refractivity contribution in [1.82, 2.24) is 0 Å². The van der Waals surface area contributed by atoms with Gasteiger partial charge in [-0.1, -0.05) is 0 Å². The Morgan fingerprint density at radius 1 is 1.30 bits per heavy atom. The van der Waals surface area contributed by atoms with E-state index in [9.17, 15) is 10.0 Å². The molecule has 0 spiro atoms. The molecule has 8 heteroatoms. The van der Waals surface area contributed by atoms with Crippen LogP contribution in [-0.2, 0) is 14.3 Å². The molecule has 2 rings (SSSR count). The molecule has 1 unspecified atom stereocenters. The van der Waals surface area contributed by atoms with Crippen molar-refractivity contribution in [3.8, 4) is 17.2 Å². The van der Waals surface area contributed by atoms with Gasteiger partial charge in [0, 0.05) is 7.11 Å². The lowest BCUT2D eigenvalue weighted by atomic mass is 10.2. The fraction of sp³-hybridized carbons (Fsp3) is 0.417. The summed E-state index contributed by atoms with van der Waals surface area (Å²) in [6.45, 7) is -0.161. The van der Waals surface area contributed by atoms with Crippen LogP contribution in [0.25, 0.3) is 0 Å². The standard InChI is InChI=1S/C12H15NO7/c1-16-6-19-12-11(14)13(15)7-4-5-8(17-2)10(18-3)9(7)20-12/h4-5,12,15H,6H2,1-3H3. The van der Waals surface area contributed by atoms with Gasteiger partial charge in [-0.05, 0) is 12.1 Å². The number of benzene rings is 1. The Balaban J connectivity index is 2.41. The van der Waals surface area contributed by atoms with Crippen molar-refractivity contribution in [3.05, 3.63) is 12.1 Å². The molecule has 0 fully saturated rings. The zero-order chi connectivity index (χ0) is 14.7. The van der Waals surface area contributed by atoms with Gasteiger partial charge in [-0.2, -0.15) is 5.06 Å². The zero-order valence-corrected chi connectivity index (χ0v) is 11.3. The van der Waals surface area contributed by atoms with Crippen molar-refractivity contribution >= 4 is 11.6 Å². The van der Waals surface area contributed by atoms with Crippen LogP contribution in [0.3, 0.4) is 0 Å². The molecule has 0 aliphatic carbocycles. The molecule has 0 saturated heterocycles. The van der Waals surface area contributed by atoms with Gasteiger partial charge in [-0.3, -0.25) is 10.0 Å². The largest absolute Gasteiger partial charge is 0.493 e. The fourth-order valence-electron chi connectivity index (χ4n) is 1.78. The molecular weight excluding hydrogens is 270 g/mol. The maximum absolute atomic E-state index is 11.8. The van der Waals surface area contributed by atoms with Crippen molar-refractivity contribution in [2.45, 2.75) is 6.29 Å². The smallest absolute Gasteiger partial charge is 0.320 e. The number of nitrogens with zero attached hydrogens (tertiary/aromatic N) is 1. The first-order valence-corrected chi connectivity index (χ1v) is 5.69. The highest BCUT2D eigenvalue weighted by Gasteiger charge is 2.37. The van der Waals surface area contributed by atoms with Crippen LogP contribution in [-0.4, -0.2) is 45.5 Å². The summed E-state index contributed by atoms with van der Waals surface area (Å²) in [5, 5.41) is 10.3. The number of hydroxylamine groups is 1. The van der Waals surface area contributed by atoms with E-state index in [0.717, 1.165) is 0 Å². The van der Waals surface area contributed by atoms with E-state index in [-0.39, 0.29) is 24.0 Å². The molecule has 20 heavy (non-hydrogen) atoms. The predicted octanol–water partition coefficient (Wildman–Crippen LogP) is 0.765. The Hall–Kier alpha value is -2.03. The average Bonchev–Trinajstić information content (AvgIpc) is 2.48. The van der Waals surface area contributed by atoms with Gasteiger partial charge in [0.1, 0.15) is 5.69 Å². The second kappa shape index (κ2) is 5.95. The Kier molecular flexibility index (Phi) is 4.28. The molecule has 1 aliphatic rings. The number of ether oxygens (including phenoxy) is 5. The number of anilines is 1. The molecule has 0 saturated carbocycles. The first-order valence-electron chi connectivity index (χ1n) is 5.69. The highest BCUT2D eigenvalue weighted by molar-refractivity contribution is 5.98. The number of rotatable bonds is 5. The molecule has 1 aromatic carbocycles. The molecule has 1 N–H and O–H groups in total. The van der Waals surface area contributed by atoms with E-state index in [2.05, 4.69) is 0 Å². The lowest BCUT2D eigenvalue weighted by Gasteiger charge is -2.30. The van der Waals surface area contributed by atoms with Gasteiger partial charge in [0.2, 0.25) is 5.75 Å². The first kappa shape index (κ1) is 14.4. The summed E-state index contributed by atoms with van der Waals surface area (Å²) in [4.78, 5) is 11.8. The normalized spacial score (nSPS) is 17.5. The van der Waals surface area contributed by atoms with E-state index in [0.29, 0.717) is 10.8 Å². The number of fused-ring (bicyclic) bond motifs is 1. The summed E-state index contributed by atoms with van der Waals surface area (Å²) >= 11 is 0. The van der Waals surface area contributed by atoms with Gasteiger partial charge in [-0.15, -0.1) is 0 Å². The summed E-state index contributed by atoms with van der Waals surface area (Å²) in [5.74, 6) is 0.0406. The lowest BCUT2D eigenvalue weighted by molar-refractivity contribution is -0.177. The number of amides is 1. The van der Waals surface area contributed by atoms with E-state index in [1.54, 1.807) is 6.07 Å². The fourth-order valence-corrected chi connectivity index (χ4v) is 1.78. The van der Waals surface area contributed by atoms with Gasteiger partial charge in [0.15, 0.2) is 18.3 Å². The van der Waals surface area contributed by atoms with Crippen molar-refractivity contribution < 1.29 is 33.7 Å². The number of methoxy groups -OCH3 is 3. The number of carbonyl (C=O) groups excluding carboxylic acids is 1. The molecule has 0 aromatic heterocycles. The monoisotopic (exact) mass is 285 g/mol. The minimum absolute atomic E-state index is 0.143. The zero-order valence-electron chi connectivity index (χ0n) is 11.3. The maximum atomic E-state index is 11.8. The van der Waals surface area contributed by atoms with Crippen molar-refractivity contribution in [3.63, 3.8) is 0 Å². The van der Waals surface area contributed by atoms with E-state index >= 15 is 0 Å². The molecule has 1 atom stereocenters. The van der Waals surface area contributed by atoms with E-state index in [1.165, 1.54) is 27.4 Å². The number of hydrogen-bond donors (Lipinski definition) is 1. The van der Waals surface area contributed by atoms with Gasteiger partial charge in [0.05, 0.1) is 14.2 Å². The predicted molar refractivity (Wildman–Crippen MR) is 66.2 cm³/mol. The Bertz CT molecular complexity index is 505. The van der Waals surface area contributed by atoms with Crippen LogP contribution in [0.5, 0.6) is 17.2 Å². The van der Waals surface area contributed by atoms with Gasteiger partial charge in [-0.25, -0.2) is 0 Å². The minimum atomic E-state index is -1.33. The van der Waals surface area contributed by atoms with Crippen LogP contribution in [0.2, 0.25) is 0 Å². The molecule has 0 radical (unpaired) electrons. The van der Waals surface area contributed by atoms with Gasteiger partial charge >= 0.3 is 5.91 Å². The van der Waals surface area contributed by atoms with Crippen LogP contribution in [0.1, 0.15) is 0 Å². The molecule has 1 aliphatic heterocycles. The highest BCUT2D eigenvalue weighted by atomic mass is 16.8. The molecule has 0 bridgehead atoms. The summed E-state index contributed by atoms with van der Waals surface area (Å²) in [6.07, 6.45) is -1.33. The van der Waals surface area contributed by atoms with Crippen molar-refractivity contribution in [2.75, 3.05) is 33.2 Å². The molecule has 1 aromatic rings. The number of hydrogen-bond acceptors (Lipinski definition) is 7. The van der Waals surface area contributed by atoms with Gasteiger partial charge in [0.25, 0.3) is 6.29 Å². The molecule has 1 amide bonds. The van der Waals surface area contributed by atoms with Crippen LogP contribution in [0.15, 0.2) is 12.1 Å². The Labute approximate surface area is 115 Å². The Morgan fingerprint density at radius 2 is 2.05 bits per heavy atom. The van der Waals surface area contributed by atoms with Crippen LogP contribution >= 0.6 is 0 Å². The number of carbonyl (C=O) groups is 1. The molecular formula is C12H15NO7. The summed E-state index contributed by atoms with van der Waals surface area (Å²) in [5.41, 5.74) is 0.143. The minimum Gasteiger partial charge on any atom is -0.493 e. The summed E-state index contributed by atoms with van der Waals surface area (Å²) < 4.78 is 25.5. The SMILES string of the molecule is COCOC1Oc2c(ccc(OC)c2OC)N(O)C1=O. The highest BCUT2D eigenvalue weighted by Crippen LogP contribution is 2.46. The summed E-state index contributed by atoms with van der Waals surface area (Å²) in [6, 6.07) is 3.02. The third kappa shape index (κ3) is 2.36. The van der Waals surface area contributed by atoms with Crippen LogP contribution < -0.4 is 19.3 Å². The third-order valence-electron chi connectivity index (χ3n) is 2.68. The van der Waals surface area contributed by atoms with Crippen LogP contribution in [0, 0.1) is 0 Å². The lowest BCUT2D eigenvalue weighted by Crippen LogP contribution is -2.46. The van der Waals surface area contributed by atoms with Crippen molar-refractivity contribution in [1.29, 1.82) is 0 Å². The molecule has 110 valence electrons. The second-order valence-electron chi connectivity index (χ2n) is 3.82. The summed E-state index contributed by atoms with van der Waals surface area (Å²) in [7, 11) is 4.29. The second-order valence-corrected chi connectivity index (χ2v) is 3.82. The third-order valence-corrected chi connectivity index (χ3v) is 2.68. The first-order chi connectivity index (χ1) is 9.63. The van der Waals surface area contributed by atoms with Crippen LogP contribution in [0.4, 0.5) is 5.69 Å². The van der Waals surface area contributed by atoms with E-state index in [4.69, 9.17) is 23.7 Å². The Morgan fingerprint density at radius 3 is 2.65 bits per heavy atom. The molecule has 8 nitrogen and oxygen atoms in total. The quantitative estimate of drug-likeness (QED) is 0.631. The maximum Gasteiger partial charge on any atom is 0.320 e. The average molecular weight is 285 g/mol. The van der Waals surface area contributed by atoms with E-state index < -0.39 is 12.2 Å².